The first-order valence-corrected chi connectivity index (χ1v) is 8.02. The van der Waals surface area contributed by atoms with Crippen LogP contribution >= 0.6 is 11.8 Å². The Labute approximate surface area is 109 Å². The lowest BCUT2D eigenvalue weighted by Crippen LogP contribution is -2.49. The van der Waals surface area contributed by atoms with Gasteiger partial charge in [0.2, 0.25) is 5.91 Å². The van der Waals surface area contributed by atoms with Gasteiger partial charge >= 0.3 is 0 Å². The first-order valence-electron chi connectivity index (χ1n) is 6.86. The standard InChI is InChI=1S/C13H26N2OS/c1-3-5-6-11(4-2)9-15-13(16)12-10-17-8-7-14-12/h11-12,14H,3-10H2,1-2H3,(H,15,16). The van der Waals surface area contributed by atoms with E-state index in [0.717, 1.165) is 31.0 Å². The Kier molecular flexibility index (Phi) is 7.69. The minimum atomic E-state index is 0.0254. The molecule has 2 N–H and O–H groups in total. The van der Waals surface area contributed by atoms with Gasteiger partial charge in [-0.2, -0.15) is 11.8 Å². The molecule has 1 aliphatic heterocycles. The highest BCUT2D eigenvalue weighted by Gasteiger charge is 2.21. The maximum absolute atomic E-state index is 11.9. The molecule has 2 unspecified atom stereocenters. The van der Waals surface area contributed by atoms with Crippen LogP contribution in [0.25, 0.3) is 0 Å². The van der Waals surface area contributed by atoms with Crippen molar-refractivity contribution in [3.05, 3.63) is 0 Å². The third kappa shape index (κ3) is 5.77. The second-order valence-electron chi connectivity index (χ2n) is 4.74. The fraction of sp³-hybridized carbons (Fsp3) is 0.923. The Hall–Kier alpha value is -0.220. The number of thioether (sulfide) groups is 1. The van der Waals surface area contributed by atoms with Crippen molar-refractivity contribution in [2.75, 3.05) is 24.6 Å². The minimum absolute atomic E-state index is 0.0254. The summed E-state index contributed by atoms with van der Waals surface area (Å²) in [6, 6.07) is 0.0254. The molecule has 0 aromatic heterocycles. The highest BCUT2D eigenvalue weighted by atomic mass is 32.2. The van der Waals surface area contributed by atoms with Gasteiger partial charge in [0.15, 0.2) is 0 Å². The fourth-order valence-corrected chi connectivity index (χ4v) is 2.98. The average Bonchev–Trinajstić information content (AvgIpc) is 2.39. The molecular formula is C13H26N2OS. The second kappa shape index (κ2) is 8.81. The molecule has 0 radical (unpaired) electrons. The summed E-state index contributed by atoms with van der Waals surface area (Å²) >= 11 is 1.86. The van der Waals surface area contributed by atoms with E-state index in [9.17, 15) is 4.79 Å². The first-order chi connectivity index (χ1) is 8.27. The lowest BCUT2D eigenvalue weighted by molar-refractivity contribution is -0.122. The fourth-order valence-electron chi connectivity index (χ4n) is 2.05. The van der Waals surface area contributed by atoms with E-state index in [4.69, 9.17) is 0 Å². The van der Waals surface area contributed by atoms with Crippen molar-refractivity contribution in [2.24, 2.45) is 5.92 Å². The van der Waals surface area contributed by atoms with Crippen LogP contribution in [0.5, 0.6) is 0 Å². The van der Waals surface area contributed by atoms with Gasteiger partial charge in [0.05, 0.1) is 6.04 Å². The predicted molar refractivity (Wildman–Crippen MR) is 75.4 cm³/mol. The molecule has 2 atom stereocenters. The van der Waals surface area contributed by atoms with Crippen molar-refractivity contribution >= 4 is 17.7 Å². The number of carbonyl (C=O) groups is 1. The highest BCUT2D eigenvalue weighted by molar-refractivity contribution is 7.99. The van der Waals surface area contributed by atoms with Crippen molar-refractivity contribution in [2.45, 2.75) is 45.6 Å². The van der Waals surface area contributed by atoms with E-state index in [2.05, 4.69) is 24.5 Å². The van der Waals surface area contributed by atoms with Gasteiger partial charge in [-0.15, -0.1) is 0 Å². The van der Waals surface area contributed by atoms with E-state index in [0.29, 0.717) is 5.92 Å². The van der Waals surface area contributed by atoms with Crippen LogP contribution in [0.4, 0.5) is 0 Å². The molecule has 0 saturated carbocycles. The maximum Gasteiger partial charge on any atom is 0.238 e. The normalized spacial score (nSPS) is 22.1. The molecule has 1 heterocycles. The zero-order chi connectivity index (χ0) is 12.5. The lowest BCUT2D eigenvalue weighted by atomic mass is 9.99. The molecule has 17 heavy (non-hydrogen) atoms. The molecule has 0 aliphatic carbocycles. The van der Waals surface area contributed by atoms with E-state index in [1.165, 1.54) is 19.3 Å². The number of amides is 1. The summed E-state index contributed by atoms with van der Waals surface area (Å²) in [5, 5.41) is 6.37. The van der Waals surface area contributed by atoms with E-state index in [-0.39, 0.29) is 11.9 Å². The third-order valence-electron chi connectivity index (χ3n) is 3.35. The van der Waals surface area contributed by atoms with Gasteiger partial charge in [0, 0.05) is 24.6 Å². The van der Waals surface area contributed by atoms with E-state index in [1.807, 2.05) is 11.8 Å². The molecule has 0 aromatic rings. The molecule has 4 heteroatoms. The van der Waals surface area contributed by atoms with Crippen LogP contribution in [-0.2, 0) is 4.79 Å². The quantitative estimate of drug-likeness (QED) is 0.734. The number of hydrogen-bond acceptors (Lipinski definition) is 3. The van der Waals surface area contributed by atoms with Crippen LogP contribution in [0.1, 0.15) is 39.5 Å². The zero-order valence-electron chi connectivity index (χ0n) is 11.1. The smallest absolute Gasteiger partial charge is 0.238 e. The zero-order valence-corrected chi connectivity index (χ0v) is 11.9. The Morgan fingerprint density at radius 3 is 2.94 bits per heavy atom. The lowest BCUT2D eigenvalue weighted by Gasteiger charge is -2.23. The Balaban J connectivity index is 2.20. The summed E-state index contributed by atoms with van der Waals surface area (Å²) < 4.78 is 0. The SMILES string of the molecule is CCCCC(CC)CNC(=O)C1CSCCN1. The molecular weight excluding hydrogens is 232 g/mol. The van der Waals surface area contributed by atoms with E-state index in [1.54, 1.807) is 0 Å². The Bertz CT molecular complexity index is 217. The van der Waals surface area contributed by atoms with Crippen molar-refractivity contribution in [3.63, 3.8) is 0 Å². The molecule has 0 bridgehead atoms. The van der Waals surface area contributed by atoms with Crippen molar-refractivity contribution in [1.29, 1.82) is 0 Å². The monoisotopic (exact) mass is 258 g/mol. The van der Waals surface area contributed by atoms with Gasteiger partial charge in [0.1, 0.15) is 0 Å². The summed E-state index contributed by atoms with van der Waals surface area (Å²) in [7, 11) is 0. The maximum atomic E-state index is 11.9. The molecule has 1 fully saturated rings. The van der Waals surface area contributed by atoms with Crippen LogP contribution in [0, 0.1) is 5.92 Å². The minimum Gasteiger partial charge on any atom is -0.354 e. The van der Waals surface area contributed by atoms with Gasteiger partial charge in [0.25, 0.3) is 0 Å². The molecule has 1 rings (SSSR count). The summed E-state index contributed by atoms with van der Waals surface area (Å²) in [6.07, 6.45) is 4.91. The number of nitrogens with one attached hydrogen (secondary N) is 2. The largest absolute Gasteiger partial charge is 0.354 e. The van der Waals surface area contributed by atoms with Crippen LogP contribution < -0.4 is 10.6 Å². The molecule has 3 nitrogen and oxygen atoms in total. The highest BCUT2D eigenvalue weighted by Crippen LogP contribution is 2.12. The average molecular weight is 258 g/mol. The van der Waals surface area contributed by atoms with Crippen LogP contribution in [0.2, 0.25) is 0 Å². The molecule has 1 saturated heterocycles. The number of rotatable bonds is 7. The van der Waals surface area contributed by atoms with Crippen LogP contribution in [-0.4, -0.2) is 36.5 Å². The van der Waals surface area contributed by atoms with Crippen molar-refractivity contribution < 1.29 is 4.79 Å². The topological polar surface area (TPSA) is 41.1 Å². The molecule has 1 amide bonds. The van der Waals surface area contributed by atoms with Gasteiger partial charge in [-0.25, -0.2) is 0 Å². The molecule has 0 aromatic carbocycles. The summed E-state index contributed by atoms with van der Waals surface area (Å²) in [5.41, 5.74) is 0. The number of hydrogen-bond donors (Lipinski definition) is 2. The van der Waals surface area contributed by atoms with Crippen molar-refractivity contribution in [3.8, 4) is 0 Å². The van der Waals surface area contributed by atoms with Crippen LogP contribution in [0.3, 0.4) is 0 Å². The van der Waals surface area contributed by atoms with Gasteiger partial charge < -0.3 is 10.6 Å². The summed E-state index contributed by atoms with van der Waals surface area (Å²) in [4.78, 5) is 11.9. The number of carbonyl (C=O) groups excluding carboxylic acids is 1. The molecule has 100 valence electrons. The Morgan fingerprint density at radius 1 is 1.53 bits per heavy atom. The number of unbranched alkanes of at least 4 members (excludes halogenated alkanes) is 1. The molecule has 1 aliphatic rings. The van der Waals surface area contributed by atoms with Gasteiger partial charge in [-0.1, -0.05) is 33.1 Å². The van der Waals surface area contributed by atoms with Gasteiger partial charge in [-0.05, 0) is 12.3 Å². The summed E-state index contributed by atoms with van der Waals surface area (Å²) in [6.45, 7) is 6.23. The van der Waals surface area contributed by atoms with Crippen LogP contribution in [0.15, 0.2) is 0 Å². The second-order valence-corrected chi connectivity index (χ2v) is 5.89. The van der Waals surface area contributed by atoms with Gasteiger partial charge in [-0.3, -0.25) is 4.79 Å². The first kappa shape index (κ1) is 14.8. The van der Waals surface area contributed by atoms with Crippen molar-refractivity contribution in [1.82, 2.24) is 10.6 Å². The van der Waals surface area contributed by atoms with E-state index >= 15 is 0 Å². The third-order valence-corrected chi connectivity index (χ3v) is 4.41. The Morgan fingerprint density at radius 2 is 2.35 bits per heavy atom. The predicted octanol–water partition coefficient (Wildman–Crippen LogP) is 2.02. The summed E-state index contributed by atoms with van der Waals surface area (Å²) in [5.74, 6) is 2.87. The van der Waals surface area contributed by atoms with E-state index < -0.39 is 0 Å². The molecule has 0 spiro atoms.